The van der Waals surface area contributed by atoms with Gasteiger partial charge in [0, 0.05) is 17.1 Å². The van der Waals surface area contributed by atoms with Crippen molar-refractivity contribution in [3.8, 4) is 5.75 Å². The molecular formula is C18H17BrN2O5S. The third-order valence-electron chi connectivity index (χ3n) is 4.27. The maximum atomic E-state index is 12.3. The number of nitrogens with zero attached hydrogens (tertiary/aromatic N) is 1. The summed E-state index contributed by atoms with van der Waals surface area (Å²) in [4.78, 5) is 28.1. The Morgan fingerprint density at radius 3 is 2.81 bits per heavy atom. The number of aryl methyl sites for hydroxylation is 1. The van der Waals surface area contributed by atoms with Gasteiger partial charge in [-0.25, -0.2) is 9.71 Å². The first-order chi connectivity index (χ1) is 12.7. The van der Waals surface area contributed by atoms with Crippen molar-refractivity contribution >= 4 is 37.6 Å². The molecule has 1 aromatic carbocycles. The molecule has 1 unspecified atom stereocenters. The summed E-state index contributed by atoms with van der Waals surface area (Å²) < 4.78 is 32.3. The van der Waals surface area contributed by atoms with E-state index in [1.54, 1.807) is 12.1 Å². The van der Waals surface area contributed by atoms with Crippen LogP contribution in [0.1, 0.15) is 40.7 Å². The van der Waals surface area contributed by atoms with E-state index in [-0.39, 0.29) is 22.5 Å². The number of aromatic nitrogens is 1. The average Bonchev–Trinajstić information content (AvgIpc) is 2.89. The third-order valence-corrected chi connectivity index (χ3v) is 6.03. The van der Waals surface area contributed by atoms with Gasteiger partial charge in [-0.2, -0.15) is 8.42 Å². The second-order valence-corrected chi connectivity index (χ2v) is 8.87. The van der Waals surface area contributed by atoms with Crippen molar-refractivity contribution in [2.24, 2.45) is 0 Å². The van der Waals surface area contributed by atoms with Crippen molar-refractivity contribution in [2.45, 2.75) is 31.2 Å². The summed E-state index contributed by atoms with van der Waals surface area (Å²) >= 11 is 3.15. The van der Waals surface area contributed by atoms with Gasteiger partial charge in [-0.05, 0) is 42.2 Å². The number of pyridine rings is 1. The molecule has 0 bridgehead atoms. The van der Waals surface area contributed by atoms with E-state index in [4.69, 9.17) is 4.74 Å². The highest BCUT2D eigenvalue weighted by molar-refractivity contribution is 9.10. The molecule has 27 heavy (non-hydrogen) atoms. The van der Waals surface area contributed by atoms with Gasteiger partial charge in [0.15, 0.2) is 17.4 Å². The fourth-order valence-electron chi connectivity index (χ4n) is 3.14. The Kier molecular flexibility index (Phi) is 5.34. The number of hydrogen-bond acceptors (Lipinski definition) is 6. The molecular weight excluding hydrogens is 436 g/mol. The quantitative estimate of drug-likeness (QED) is 0.747. The number of halogens is 1. The summed E-state index contributed by atoms with van der Waals surface area (Å²) in [6.07, 6.45) is 1.70. The lowest BCUT2D eigenvalue weighted by atomic mass is 9.97. The fourth-order valence-corrected chi connectivity index (χ4v) is 4.57. The van der Waals surface area contributed by atoms with Crippen LogP contribution in [0, 0.1) is 6.92 Å². The van der Waals surface area contributed by atoms with Crippen LogP contribution in [0.15, 0.2) is 40.0 Å². The largest absolute Gasteiger partial charge is 0.483 e. The third kappa shape index (κ3) is 4.03. The van der Waals surface area contributed by atoms with Gasteiger partial charge in [-0.1, -0.05) is 28.9 Å². The fraction of sp³-hybridized carbons (Fsp3) is 0.278. The number of rotatable bonds is 5. The number of Topliss-reactive ketones (excluding diaryl/α,β-unsaturated/α-hetero) is 1. The van der Waals surface area contributed by atoms with Crippen LogP contribution in [0.5, 0.6) is 5.75 Å². The monoisotopic (exact) mass is 452 g/mol. The van der Waals surface area contributed by atoms with E-state index in [1.165, 1.54) is 12.3 Å². The lowest BCUT2D eigenvalue weighted by Crippen LogP contribution is -2.35. The molecule has 142 valence electrons. The zero-order chi connectivity index (χ0) is 19.8. The van der Waals surface area contributed by atoms with Crippen LogP contribution in [-0.2, 0) is 14.8 Å². The molecule has 1 N–H and O–H groups in total. The number of fused-ring (bicyclic) bond motifs is 1. The number of ether oxygens (including phenoxy) is 1. The van der Waals surface area contributed by atoms with Gasteiger partial charge in [0.05, 0.1) is 5.56 Å². The van der Waals surface area contributed by atoms with E-state index < -0.39 is 22.5 Å². The molecule has 0 saturated carbocycles. The summed E-state index contributed by atoms with van der Waals surface area (Å²) in [6.45, 7) is 3.34. The minimum atomic E-state index is -4.11. The molecule has 1 aliphatic carbocycles. The van der Waals surface area contributed by atoms with Gasteiger partial charge < -0.3 is 4.74 Å². The van der Waals surface area contributed by atoms with E-state index >= 15 is 0 Å². The summed E-state index contributed by atoms with van der Waals surface area (Å²) in [7, 11) is -4.11. The van der Waals surface area contributed by atoms with Gasteiger partial charge >= 0.3 is 0 Å². The molecule has 0 aliphatic heterocycles. The molecule has 1 heterocycles. The van der Waals surface area contributed by atoms with Gasteiger partial charge in [-0.3, -0.25) is 9.59 Å². The number of amides is 1. The van der Waals surface area contributed by atoms with Gasteiger partial charge in [0.25, 0.3) is 15.9 Å². The normalized spacial score (nSPS) is 16.1. The Morgan fingerprint density at radius 1 is 1.37 bits per heavy atom. The van der Waals surface area contributed by atoms with Gasteiger partial charge in [-0.15, -0.1) is 0 Å². The number of carbonyl (C=O) groups is 2. The molecule has 0 radical (unpaired) electrons. The van der Waals surface area contributed by atoms with Crippen LogP contribution in [0.4, 0.5) is 0 Å². The Balaban J connectivity index is 1.73. The molecule has 1 aromatic heterocycles. The van der Waals surface area contributed by atoms with E-state index in [1.807, 2.05) is 24.6 Å². The topological polar surface area (TPSA) is 102 Å². The van der Waals surface area contributed by atoms with Crippen molar-refractivity contribution in [3.63, 3.8) is 0 Å². The van der Waals surface area contributed by atoms with Crippen LogP contribution < -0.4 is 9.46 Å². The molecule has 2 aromatic rings. The van der Waals surface area contributed by atoms with Crippen molar-refractivity contribution < 1.29 is 22.7 Å². The Bertz CT molecular complexity index is 1040. The Labute approximate surface area is 165 Å². The lowest BCUT2D eigenvalue weighted by Gasteiger charge is -2.13. The highest BCUT2D eigenvalue weighted by atomic mass is 79.9. The highest BCUT2D eigenvalue weighted by Gasteiger charge is 2.31. The molecule has 0 fully saturated rings. The minimum absolute atomic E-state index is 0.0393. The van der Waals surface area contributed by atoms with Crippen LogP contribution in [0.2, 0.25) is 0 Å². The Hall–Kier alpha value is -2.26. The van der Waals surface area contributed by atoms with Crippen molar-refractivity contribution in [2.75, 3.05) is 6.61 Å². The van der Waals surface area contributed by atoms with Crippen LogP contribution >= 0.6 is 15.9 Å². The zero-order valence-electron chi connectivity index (χ0n) is 14.7. The molecule has 0 saturated heterocycles. The van der Waals surface area contributed by atoms with Crippen LogP contribution in [-0.4, -0.2) is 31.7 Å². The van der Waals surface area contributed by atoms with Gasteiger partial charge in [0.2, 0.25) is 0 Å². The van der Waals surface area contributed by atoms with Crippen molar-refractivity contribution in [1.82, 2.24) is 9.71 Å². The SMILES string of the molecule is Cc1ccc(OCC(=O)NS(=O)(=O)c2cc(Br)ccn2)c2c1C(C)CC2=O. The predicted octanol–water partition coefficient (Wildman–Crippen LogP) is 2.73. The molecule has 1 atom stereocenters. The predicted molar refractivity (Wildman–Crippen MR) is 101 cm³/mol. The molecule has 9 heteroatoms. The lowest BCUT2D eigenvalue weighted by molar-refractivity contribution is -0.121. The molecule has 1 aliphatic rings. The summed E-state index contributed by atoms with van der Waals surface area (Å²) in [5, 5.41) is -0.287. The number of nitrogens with one attached hydrogen (secondary N) is 1. The standard InChI is InChI=1S/C18H17BrN2O5S/c1-10-3-4-14(18-13(22)7-11(2)17(10)18)26-9-15(23)21-27(24,25)16-8-12(19)5-6-20-16/h3-6,8,11H,7,9H2,1-2H3,(H,21,23). The molecule has 1 amide bonds. The summed E-state index contributed by atoms with van der Waals surface area (Å²) in [5.41, 5.74) is 2.39. The number of benzene rings is 1. The first-order valence-electron chi connectivity index (χ1n) is 8.15. The van der Waals surface area contributed by atoms with Crippen molar-refractivity contribution in [1.29, 1.82) is 0 Å². The number of sulfonamides is 1. The maximum Gasteiger partial charge on any atom is 0.281 e. The van der Waals surface area contributed by atoms with E-state index in [0.717, 1.165) is 11.1 Å². The molecule has 7 nitrogen and oxygen atoms in total. The average molecular weight is 453 g/mol. The number of carbonyl (C=O) groups excluding carboxylic acids is 2. The first-order valence-corrected chi connectivity index (χ1v) is 10.4. The Morgan fingerprint density at radius 2 is 2.11 bits per heavy atom. The van der Waals surface area contributed by atoms with E-state index in [2.05, 4.69) is 20.9 Å². The smallest absolute Gasteiger partial charge is 0.281 e. The zero-order valence-corrected chi connectivity index (χ0v) is 17.1. The van der Waals surface area contributed by atoms with Crippen LogP contribution in [0.25, 0.3) is 0 Å². The second kappa shape index (κ2) is 7.40. The highest BCUT2D eigenvalue weighted by Crippen LogP contribution is 2.40. The minimum Gasteiger partial charge on any atom is -0.483 e. The van der Waals surface area contributed by atoms with E-state index in [0.29, 0.717) is 16.5 Å². The van der Waals surface area contributed by atoms with Crippen LogP contribution in [0.3, 0.4) is 0 Å². The van der Waals surface area contributed by atoms with Gasteiger partial charge in [0.1, 0.15) is 5.75 Å². The van der Waals surface area contributed by atoms with Crippen molar-refractivity contribution in [3.05, 3.63) is 51.6 Å². The number of ketones is 1. The molecule has 0 spiro atoms. The second-order valence-electron chi connectivity index (χ2n) is 6.33. The summed E-state index contributed by atoms with van der Waals surface area (Å²) in [6, 6.07) is 6.30. The maximum absolute atomic E-state index is 12.3. The number of hydrogen-bond donors (Lipinski definition) is 1. The summed E-state index contributed by atoms with van der Waals surface area (Å²) in [5.74, 6) is -0.516. The first kappa shape index (κ1) is 19.5. The molecule has 3 rings (SSSR count). The van der Waals surface area contributed by atoms with E-state index in [9.17, 15) is 18.0 Å².